The van der Waals surface area contributed by atoms with Crippen LogP contribution < -0.4 is 0 Å². The number of ether oxygens (including phenoxy) is 4. The highest BCUT2D eigenvalue weighted by Crippen LogP contribution is 2.07. The van der Waals surface area contributed by atoms with Crippen molar-refractivity contribution in [2.45, 2.75) is 19.1 Å². The highest BCUT2D eigenvalue weighted by atomic mass is 16.7. The molecular weight excluding hydrogens is 172 g/mol. The molecule has 0 aromatic rings. The molecule has 0 radical (unpaired) electrons. The van der Waals surface area contributed by atoms with E-state index in [0.717, 1.165) is 26.1 Å². The van der Waals surface area contributed by atoms with Gasteiger partial charge in [0.1, 0.15) is 0 Å². The van der Waals surface area contributed by atoms with Crippen molar-refractivity contribution in [1.82, 2.24) is 0 Å². The first-order chi connectivity index (χ1) is 6.43. The molecule has 0 saturated carbocycles. The van der Waals surface area contributed by atoms with Gasteiger partial charge in [-0.2, -0.15) is 0 Å². The highest BCUT2D eigenvalue weighted by Gasteiger charge is 2.13. The van der Waals surface area contributed by atoms with Gasteiger partial charge >= 0.3 is 0 Å². The second-order valence-electron chi connectivity index (χ2n) is 2.92. The van der Waals surface area contributed by atoms with E-state index in [9.17, 15) is 0 Å². The van der Waals surface area contributed by atoms with Gasteiger partial charge in [-0.3, -0.25) is 0 Å². The molecule has 1 aliphatic heterocycles. The molecule has 0 unspecified atom stereocenters. The van der Waals surface area contributed by atoms with Gasteiger partial charge in [-0.15, -0.1) is 0 Å². The third kappa shape index (κ3) is 5.21. The molecule has 1 aliphatic rings. The minimum Gasteiger partial charge on any atom is -0.382 e. The third-order valence-corrected chi connectivity index (χ3v) is 1.83. The molecule has 1 heterocycles. The van der Waals surface area contributed by atoms with Crippen LogP contribution in [0.4, 0.5) is 0 Å². The third-order valence-electron chi connectivity index (χ3n) is 1.83. The van der Waals surface area contributed by atoms with Gasteiger partial charge < -0.3 is 18.9 Å². The largest absolute Gasteiger partial charge is 0.382 e. The molecule has 78 valence electrons. The average molecular weight is 190 g/mol. The summed E-state index contributed by atoms with van der Waals surface area (Å²) in [4.78, 5) is 0. The molecule has 0 amide bonds. The van der Waals surface area contributed by atoms with Gasteiger partial charge in [-0.25, -0.2) is 0 Å². The van der Waals surface area contributed by atoms with Gasteiger partial charge in [0, 0.05) is 13.5 Å². The van der Waals surface area contributed by atoms with Crippen molar-refractivity contribution in [3.05, 3.63) is 0 Å². The van der Waals surface area contributed by atoms with E-state index in [4.69, 9.17) is 18.9 Å². The lowest BCUT2D eigenvalue weighted by molar-refractivity contribution is -0.186. The van der Waals surface area contributed by atoms with E-state index in [1.54, 1.807) is 7.11 Å². The Hall–Kier alpha value is -0.160. The van der Waals surface area contributed by atoms with Crippen molar-refractivity contribution < 1.29 is 18.9 Å². The molecule has 0 spiro atoms. The van der Waals surface area contributed by atoms with Crippen LogP contribution in [-0.2, 0) is 18.9 Å². The van der Waals surface area contributed by atoms with Gasteiger partial charge in [-0.1, -0.05) is 0 Å². The quantitative estimate of drug-likeness (QED) is 0.581. The van der Waals surface area contributed by atoms with Crippen molar-refractivity contribution in [1.29, 1.82) is 0 Å². The van der Waals surface area contributed by atoms with Gasteiger partial charge in [0.05, 0.1) is 33.0 Å². The summed E-state index contributed by atoms with van der Waals surface area (Å²) in [7, 11) is 1.66. The molecule has 0 N–H and O–H groups in total. The highest BCUT2D eigenvalue weighted by molar-refractivity contribution is 4.51. The lowest BCUT2D eigenvalue weighted by Gasteiger charge is -2.22. The van der Waals surface area contributed by atoms with Crippen LogP contribution in [0.3, 0.4) is 0 Å². The molecule has 1 rings (SSSR count). The van der Waals surface area contributed by atoms with Crippen LogP contribution >= 0.6 is 0 Å². The fourth-order valence-electron chi connectivity index (χ4n) is 1.13. The van der Waals surface area contributed by atoms with Gasteiger partial charge in [0.2, 0.25) is 0 Å². The normalized spacial score (nSPS) is 19.2. The molecule has 0 bridgehead atoms. The maximum atomic E-state index is 5.35. The summed E-state index contributed by atoms with van der Waals surface area (Å²) in [5, 5.41) is 0. The van der Waals surface area contributed by atoms with E-state index in [0.29, 0.717) is 19.8 Å². The Morgan fingerprint density at radius 3 is 2.62 bits per heavy atom. The molecule has 13 heavy (non-hydrogen) atoms. The Morgan fingerprint density at radius 1 is 1.15 bits per heavy atom. The fraction of sp³-hybridized carbons (Fsp3) is 1.00. The Balaban J connectivity index is 1.86. The maximum Gasteiger partial charge on any atom is 0.159 e. The standard InChI is InChI=1S/C9H18O4/c1-10-7-8-11-6-3-9-12-4-2-5-13-9/h9H,2-8H2,1H3. The zero-order chi connectivity index (χ0) is 9.36. The van der Waals surface area contributed by atoms with Gasteiger partial charge in [-0.05, 0) is 6.42 Å². The van der Waals surface area contributed by atoms with Crippen molar-refractivity contribution in [3.63, 3.8) is 0 Å². The number of hydrogen-bond donors (Lipinski definition) is 0. The first-order valence-electron chi connectivity index (χ1n) is 4.73. The van der Waals surface area contributed by atoms with Crippen LogP contribution in [0, 0.1) is 0 Å². The summed E-state index contributed by atoms with van der Waals surface area (Å²) in [6.07, 6.45) is 1.75. The molecule has 0 aromatic heterocycles. The van der Waals surface area contributed by atoms with E-state index in [2.05, 4.69) is 0 Å². The molecule has 0 aliphatic carbocycles. The predicted molar refractivity (Wildman–Crippen MR) is 47.6 cm³/mol. The number of methoxy groups -OCH3 is 1. The molecule has 0 atom stereocenters. The summed E-state index contributed by atoms with van der Waals surface area (Å²) >= 11 is 0. The Labute approximate surface area is 79.1 Å². The van der Waals surface area contributed by atoms with E-state index < -0.39 is 0 Å². The van der Waals surface area contributed by atoms with Gasteiger partial charge in [0.15, 0.2) is 6.29 Å². The zero-order valence-electron chi connectivity index (χ0n) is 8.16. The van der Waals surface area contributed by atoms with Crippen LogP contribution in [0.1, 0.15) is 12.8 Å². The van der Waals surface area contributed by atoms with Crippen molar-refractivity contribution in [3.8, 4) is 0 Å². The number of rotatable bonds is 6. The van der Waals surface area contributed by atoms with E-state index >= 15 is 0 Å². The van der Waals surface area contributed by atoms with E-state index in [1.165, 1.54) is 0 Å². The predicted octanol–water partition coefficient (Wildman–Crippen LogP) is 0.802. The van der Waals surface area contributed by atoms with Crippen molar-refractivity contribution >= 4 is 0 Å². The maximum absolute atomic E-state index is 5.35. The minimum absolute atomic E-state index is 0.0590. The number of hydrogen-bond acceptors (Lipinski definition) is 4. The minimum atomic E-state index is -0.0590. The lowest BCUT2D eigenvalue weighted by atomic mass is 10.4. The molecular formula is C9H18O4. The lowest BCUT2D eigenvalue weighted by Crippen LogP contribution is -2.26. The molecule has 1 fully saturated rings. The monoisotopic (exact) mass is 190 g/mol. The molecule has 4 nitrogen and oxygen atoms in total. The Morgan fingerprint density at radius 2 is 1.92 bits per heavy atom. The van der Waals surface area contributed by atoms with Crippen LogP contribution in [0.5, 0.6) is 0 Å². The van der Waals surface area contributed by atoms with E-state index in [-0.39, 0.29) is 6.29 Å². The first kappa shape index (κ1) is 10.9. The second kappa shape index (κ2) is 7.26. The van der Waals surface area contributed by atoms with Crippen LogP contribution in [0.25, 0.3) is 0 Å². The summed E-state index contributed by atoms with van der Waals surface area (Å²) in [5.41, 5.74) is 0. The smallest absolute Gasteiger partial charge is 0.159 e. The SMILES string of the molecule is COCCOCCC1OCCCO1. The Kier molecular flexibility index (Phi) is 6.10. The molecule has 1 saturated heterocycles. The summed E-state index contributed by atoms with van der Waals surface area (Å²) < 4.78 is 20.8. The van der Waals surface area contributed by atoms with Crippen LogP contribution in [0.15, 0.2) is 0 Å². The van der Waals surface area contributed by atoms with Gasteiger partial charge in [0.25, 0.3) is 0 Å². The van der Waals surface area contributed by atoms with Crippen molar-refractivity contribution in [2.75, 3.05) is 40.1 Å². The van der Waals surface area contributed by atoms with Crippen LogP contribution in [0.2, 0.25) is 0 Å². The Bertz CT molecular complexity index is 112. The topological polar surface area (TPSA) is 36.9 Å². The fourth-order valence-corrected chi connectivity index (χ4v) is 1.13. The zero-order valence-corrected chi connectivity index (χ0v) is 8.16. The summed E-state index contributed by atoms with van der Waals surface area (Å²) in [6.45, 7) is 3.58. The average Bonchev–Trinajstić information content (AvgIpc) is 2.19. The van der Waals surface area contributed by atoms with Crippen LogP contribution in [-0.4, -0.2) is 46.4 Å². The van der Waals surface area contributed by atoms with E-state index in [1.807, 2.05) is 0 Å². The first-order valence-corrected chi connectivity index (χ1v) is 4.73. The second-order valence-corrected chi connectivity index (χ2v) is 2.92. The van der Waals surface area contributed by atoms with Crippen molar-refractivity contribution in [2.24, 2.45) is 0 Å². The summed E-state index contributed by atoms with van der Waals surface area (Å²) in [5.74, 6) is 0. The molecule has 0 aromatic carbocycles. The molecule has 4 heteroatoms. The summed E-state index contributed by atoms with van der Waals surface area (Å²) in [6, 6.07) is 0.